The maximum atomic E-state index is 10.8. The van der Waals surface area contributed by atoms with Gasteiger partial charge in [-0.3, -0.25) is 9.79 Å². The first kappa shape index (κ1) is 25.5. The Bertz CT molecular complexity index is 643. The van der Waals surface area contributed by atoms with E-state index in [9.17, 15) is 4.79 Å². The molecule has 4 N–H and O–H groups in total. The molecule has 0 atom stereocenters. The third-order valence-electron chi connectivity index (χ3n) is 5.18. The van der Waals surface area contributed by atoms with Gasteiger partial charge in [0.2, 0.25) is 0 Å². The van der Waals surface area contributed by atoms with Crippen LogP contribution in [0.4, 0.5) is 0 Å². The molecule has 0 heterocycles. The summed E-state index contributed by atoms with van der Waals surface area (Å²) in [6.45, 7) is 9.18. The molecule has 0 radical (unpaired) electrons. The Kier molecular flexibility index (Phi) is 11.4. The third-order valence-corrected chi connectivity index (χ3v) is 5.18. The molecule has 0 aliphatic heterocycles. The number of amides is 1. The molecule has 1 amide bonds. The second-order valence-electron chi connectivity index (χ2n) is 8.22. The molecule has 0 unspecified atom stereocenters. The molecule has 29 heavy (non-hydrogen) atoms. The number of carbonyl (C=O) groups excluding carboxylic acids is 1. The van der Waals surface area contributed by atoms with Gasteiger partial charge in [0.05, 0.1) is 0 Å². The lowest BCUT2D eigenvalue weighted by atomic mass is 9.64. The fourth-order valence-electron chi connectivity index (χ4n) is 3.79. The van der Waals surface area contributed by atoms with Gasteiger partial charge < -0.3 is 21.1 Å². The zero-order valence-corrected chi connectivity index (χ0v) is 20.3. The number of rotatable bonds is 11. The van der Waals surface area contributed by atoms with Gasteiger partial charge in [-0.15, -0.1) is 24.0 Å². The monoisotopic (exact) mass is 516 g/mol. The molecule has 2 rings (SSSR count). The van der Waals surface area contributed by atoms with Crippen LogP contribution in [0.5, 0.6) is 5.75 Å². The van der Waals surface area contributed by atoms with Crippen LogP contribution in [0.1, 0.15) is 52.0 Å². The van der Waals surface area contributed by atoms with Gasteiger partial charge in [-0.05, 0) is 61.6 Å². The molecule has 1 fully saturated rings. The van der Waals surface area contributed by atoms with Crippen molar-refractivity contribution >= 4 is 35.8 Å². The lowest BCUT2D eigenvalue weighted by molar-refractivity contribution is -0.119. The molecule has 1 aromatic rings. The van der Waals surface area contributed by atoms with Crippen molar-refractivity contribution in [2.75, 3.05) is 26.2 Å². The minimum absolute atomic E-state index is 0. The highest BCUT2D eigenvalue weighted by Crippen LogP contribution is 2.46. The largest absolute Gasteiger partial charge is 0.484 e. The summed E-state index contributed by atoms with van der Waals surface area (Å²) in [6.07, 6.45) is 6.10. The zero-order valence-electron chi connectivity index (χ0n) is 18.0. The normalized spacial score (nSPS) is 15.2. The van der Waals surface area contributed by atoms with Gasteiger partial charge in [-0.1, -0.05) is 32.4 Å². The molecule has 0 spiro atoms. The smallest absolute Gasteiger partial charge is 0.255 e. The van der Waals surface area contributed by atoms with Crippen LogP contribution in [-0.4, -0.2) is 38.1 Å². The summed E-state index contributed by atoms with van der Waals surface area (Å²) in [7, 11) is 0. The summed E-state index contributed by atoms with van der Waals surface area (Å²) in [6, 6.07) is 7.75. The van der Waals surface area contributed by atoms with Crippen molar-refractivity contribution in [3.8, 4) is 5.75 Å². The topological polar surface area (TPSA) is 88.7 Å². The van der Waals surface area contributed by atoms with Crippen LogP contribution in [-0.2, 0) is 11.2 Å². The van der Waals surface area contributed by atoms with Crippen molar-refractivity contribution in [2.24, 2.45) is 22.1 Å². The average molecular weight is 516 g/mol. The Morgan fingerprint density at radius 3 is 2.45 bits per heavy atom. The van der Waals surface area contributed by atoms with E-state index in [0.717, 1.165) is 37.9 Å². The van der Waals surface area contributed by atoms with Crippen LogP contribution in [0.15, 0.2) is 29.3 Å². The van der Waals surface area contributed by atoms with E-state index in [1.807, 2.05) is 24.3 Å². The Labute approximate surface area is 192 Å². The standard InChI is InChI=1S/C22H36N4O2.HI/c1-4-24-21(26-16-22(11-5-12-22)14-17(2)3)25-13-10-18-6-8-19(9-7-18)28-15-20(23)27;/h6-9,17H,4-5,10-16H2,1-3H3,(H2,23,27)(H2,24,25,26);1H. The van der Waals surface area contributed by atoms with Crippen molar-refractivity contribution in [3.05, 3.63) is 29.8 Å². The predicted molar refractivity (Wildman–Crippen MR) is 130 cm³/mol. The first-order valence-corrected chi connectivity index (χ1v) is 10.4. The van der Waals surface area contributed by atoms with Gasteiger partial charge in [-0.2, -0.15) is 0 Å². The molecule has 0 saturated heterocycles. The Morgan fingerprint density at radius 1 is 1.24 bits per heavy atom. The van der Waals surface area contributed by atoms with Gasteiger partial charge in [0.25, 0.3) is 5.91 Å². The van der Waals surface area contributed by atoms with Crippen LogP contribution in [0.25, 0.3) is 0 Å². The molecule has 0 aromatic heterocycles. The van der Waals surface area contributed by atoms with E-state index < -0.39 is 5.91 Å². The minimum Gasteiger partial charge on any atom is -0.484 e. The van der Waals surface area contributed by atoms with Crippen LogP contribution in [0.3, 0.4) is 0 Å². The van der Waals surface area contributed by atoms with E-state index in [4.69, 9.17) is 15.5 Å². The number of aliphatic imine (C=N–C) groups is 1. The molecule has 0 bridgehead atoms. The number of guanidine groups is 1. The molecule has 7 heteroatoms. The first-order chi connectivity index (χ1) is 13.4. The quantitative estimate of drug-likeness (QED) is 0.239. The lowest BCUT2D eigenvalue weighted by Crippen LogP contribution is -2.41. The summed E-state index contributed by atoms with van der Waals surface area (Å²) >= 11 is 0. The highest BCUT2D eigenvalue weighted by molar-refractivity contribution is 14.0. The number of hydrogen-bond donors (Lipinski definition) is 3. The first-order valence-electron chi connectivity index (χ1n) is 10.4. The van der Waals surface area contributed by atoms with E-state index in [1.165, 1.54) is 31.2 Å². The fraction of sp³-hybridized carbons (Fsp3) is 0.636. The number of halogens is 1. The maximum Gasteiger partial charge on any atom is 0.255 e. The Hall–Kier alpha value is -1.51. The van der Waals surface area contributed by atoms with Crippen LogP contribution < -0.4 is 21.1 Å². The van der Waals surface area contributed by atoms with E-state index in [0.29, 0.717) is 11.2 Å². The summed E-state index contributed by atoms with van der Waals surface area (Å²) in [5.41, 5.74) is 6.70. The van der Waals surface area contributed by atoms with E-state index in [1.54, 1.807) is 0 Å². The van der Waals surface area contributed by atoms with Gasteiger partial charge in [0, 0.05) is 19.6 Å². The zero-order chi connectivity index (χ0) is 20.4. The van der Waals surface area contributed by atoms with Crippen LogP contribution in [0, 0.1) is 11.3 Å². The number of ether oxygens (including phenoxy) is 1. The highest BCUT2D eigenvalue weighted by atomic mass is 127. The number of nitrogens with one attached hydrogen (secondary N) is 2. The number of nitrogens with two attached hydrogens (primary N) is 1. The molecule has 164 valence electrons. The summed E-state index contributed by atoms with van der Waals surface area (Å²) in [5, 5.41) is 6.80. The van der Waals surface area contributed by atoms with Gasteiger partial charge in [-0.25, -0.2) is 0 Å². The number of carbonyl (C=O) groups is 1. The number of primary amides is 1. The molecular formula is C22H37IN4O2. The molecule has 6 nitrogen and oxygen atoms in total. The SMILES string of the molecule is CCNC(=NCC1(CC(C)C)CCC1)NCCc1ccc(OCC(N)=O)cc1.I. The summed E-state index contributed by atoms with van der Waals surface area (Å²) in [4.78, 5) is 15.6. The second-order valence-corrected chi connectivity index (χ2v) is 8.22. The molecular weight excluding hydrogens is 479 g/mol. The highest BCUT2D eigenvalue weighted by Gasteiger charge is 2.37. The number of nitrogens with zero attached hydrogens (tertiary/aromatic N) is 1. The minimum atomic E-state index is -0.472. The van der Waals surface area contributed by atoms with Gasteiger partial charge >= 0.3 is 0 Å². The number of hydrogen-bond acceptors (Lipinski definition) is 3. The fourth-order valence-corrected chi connectivity index (χ4v) is 3.79. The van der Waals surface area contributed by atoms with Crippen molar-refractivity contribution < 1.29 is 9.53 Å². The predicted octanol–water partition coefficient (Wildman–Crippen LogP) is 3.48. The molecule has 1 aromatic carbocycles. The Morgan fingerprint density at radius 2 is 1.93 bits per heavy atom. The van der Waals surface area contributed by atoms with Gasteiger partial charge in [0.15, 0.2) is 12.6 Å². The third kappa shape index (κ3) is 9.23. The summed E-state index contributed by atoms with van der Waals surface area (Å²) < 4.78 is 5.29. The van der Waals surface area contributed by atoms with Crippen LogP contribution in [0.2, 0.25) is 0 Å². The average Bonchev–Trinajstić information content (AvgIpc) is 2.62. The Balaban J connectivity index is 0.00000420. The van der Waals surface area contributed by atoms with Crippen molar-refractivity contribution in [3.63, 3.8) is 0 Å². The maximum absolute atomic E-state index is 10.8. The van der Waals surface area contributed by atoms with Crippen molar-refractivity contribution in [1.29, 1.82) is 0 Å². The van der Waals surface area contributed by atoms with E-state index in [2.05, 4.69) is 31.4 Å². The second kappa shape index (κ2) is 12.9. The summed E-state index contributed by atoms with van der Waals surface area (Å²) in [5.74, 6) is 1.81. The molecule has 1 aliphatic carbocycles. The molecule has 1 aliphatic rings. The van der Waals surface area contributed by atoms with E-state index in [-0.39, 0.29) is 30.6 Å². The van der Waals surface area contributed by atoms with E-state index >= 15 is 0 Å². The van der Waals surface area contributed by atoms with Gasteiger partial charge in [0.1, 0.15) is 5.75 Å². The number of benzene rings is 1. The molecule has 1 saturated carbocycles. The van der Waals surface area contributed by atoms with Crippen LogP contribution >= 0.6 is 24.0 Å². The lowest BCUT2D eigenvalue weighted by Gasteiger charge is -2.42. The van der Waals surface area contributed by atoms with Crippen molar-refractivity contribution in [2.45, 2.75) is 52.9 Å². The van der Waals surface area contributed by atoms with Crippen molar-refractivity contribution in [1.82, 2.24) is 10.6 Å².